The van der Waals surface area contributed by atoms with Gasteiger partial charge < -0.3 is 4.84 Å². The van der Waals surface area contributed by atoms with Crippen LogP contribution in [0, 0.1) is 0 Å². The van der Waals surface area contributed by atoms with E-state index in [1.54, 1.807) is 0 Å². The molecular formula is C4H7NO3S. The van der Waals surface area contributed by atoms with Crippen molar-refractivity contribution in [1.82, 2.24) is 0 Å². The normalized spacial score (nSPS) is 26.1. The van der Waals surface area contributed by atoms with Gasteiger partial charge in [-0.1, -0.05) is 5.16 Å². The van der Waals surface area contributed by atoms with Gasteiger partial charge in [-0.15, -0.1) is 0 Å². The molecule has 0 aromatic heterocycles. The fourth-order valence-electron chi connectivity index (χ4n) is 0.505. The van der Waals surface area contributed by atoms with E-state index in [0.29, 0.717) is 0 Å². The molecule has 1 rings (SSSR count). The van der Waals surface area contributed by atoms with Crippen LogP contribution in [0.3, 0.4) is 0 Å². The Balaban J connectivity index is 2.76. The van der Waals surface area contributed by atoms with Gasteiger partial charge >= 0.3 is 0 Å². The smallest absolute Gasteiger partial charge is 0.158 e. The second-order valence-corrected chi connectivity index (χ2v) is 4.18. The van der Waals surface area contributed by atoms with Crippen molar-refractivity contribution < 1.29 is 13.3 Å². The number of oxime groups is 1. The van der Waals surface area contributed by atoms with Crippen LogP contribution in [0.25, 0.3) is 0 Å². The number of hydrogen-bond acceptors (Lipinski definition) is 4. The Morgan fingerprint density at radius 3 is 2.67 bits per heavy atom. The van der Waals surface area contributed by atoms with Crippen molar-refractivity contribution in [3.8, 4) is 0 Å². The predicted octanol–water partition coefficient (Wildman–Crippen LogP) is -0.584. The van der Waals surface area contributed by atoms with Crippen LogP contribution >= 0.6 is 0 Å². The van der Waals surface area contributed by atoms with E-state index in [0.717, 1.165) is 0 Å². The molecule has 5 heteroatoms. The Morgan fingerprint density at radius 1 is 1.78 bits per heavy atom. The maximum atomic E-state index is 10.7. The van der Waals surface area contributed by atoms with Crippen LogP contribution in [0.5, 0.6) is 0 Å². The Hall–Kier alpha value is -0.580. The molecule has 0 aromatic rings. The van der Waals surface area contributed by atoms with E-state index in [1.807, 2.05) is 0 Å². The molecule has 0 amide bonds. The lowest BCUT2D eigenvalue weighted by Gasteiger charge is -1.97. The van der Waals surface area contributed by atoms with E-state index in [4.69, 9.17) is 0 Å². The zero-order chi connectivity index (χ0) is 6.91. The Kier molecular flexibility index (Phi) is 1.44. The van der Waals surface area contributed by atoms with E-state index in [1.165, 1.54) is 12.5 Å². The molecule has 0 N–H and O–H groups in total. The lowest BCUT2D eigenvalue weighted by atomic mass is 10.5. The summed E-state index contributed by atoms with van der Waals surface area (Å²) < 4.78 is 21.3. The van der Waals surface area contributed by atoms with Crippen molar-refractivity contribution in [2.24, 2.45) is 5.16 Å². The van der Waals surface area contributed by atoms with Crippen LogP contribution in [0.15, 0.2) is 5.16 Å². The number of nitrogens with zero attached hydrogens (tertiary/aromatic N) is 1. The van der Waals surface area contributed by atoms with Gasteiger partial charge in [0.15, 0.2) is 9.84 Å². The maximum Gasteiger partial charge on any atom is 0.158 e. The van der Waals surface area contributed by atoms with E-state index < -0.39 is 15.1 Å². The SMILES string of the molecule is CS(=O)(=O)C1C=NOC1. The first kappa shape index (κ1) is 6.54. The highest BCUT2D eigenvalue weighted by atomic mass is 32.2. The van der Waals surface area contributed by atoms with Gasteiger partial charge in [-0.3, -0.25) is 0 Å². The summed E-state index contributed by atoms with van der Waals surface area (Å²) in [7, 11) is -2.98. The van der Waals surface area contributed by atoms with Crippen LogP contribution in [-0.4, -0.2) is 32.7 Å². The monoisotopic (exact) mass is 149 g/mol. The molecule has 0 saturated heterocycles. The molecule has 0 aliphatic carbocycles. The maximum absolute atomic E-state index is 10.7. The van der Waals surface area contributed by atoms with E-state index in [9.17, 15) is 8.42 Å². The van der Waals surface area contributed by atoms with E-state index in [-0.39, 0.29) is 6.61 Å². The van der Waals surface area contributed by atoms with Crippen molar-refractivity contribution in [3.05, 3.63) is 0 Å². The molecule has 0 bridgehead atoms. The third-order valence-electron chi connectivity index (χ3n) is 1.09. The quantitative estimate of drug-likeness (QED) is 0.501. The lowest BCUT2D eigenvalue weighted by molar-refractivity contribution is 0.175. The highest BCUT2D eigenvalue weighted by Crippen LogP contribution is 2.02. The van der Waals surface area contributed by atoms with Gasteiger partial charge in [-0.25, -0.2) is 8.42 Å². The number of rotatable bonds is 1. The molecule has 1 heterocycles. The predicted molar refractivity (Wildman–Crippen MR) is 33.1 cm³/mol. The zero-order valence-corrected chi connectivity index (χ0v) is 5.76. The summed E-state index contributed by atoms with van der Waals surface area (Å²) in [5.74, 6) is 0. The molecule has 1 unspecified atom stereocenters. The summed E-state index contributed by atoms with van der Waals surface area (Å²) >= 11 is 0. The lowest BCUT2D eigenvalue weighted by Crippen LogP contribution is -2.21. The minimum Gasteiger partial charge on any atom is -0.394 e. The van der Waals surface area contributed by atoms with Gasteiger partial charge in [-0.2, -0.15) is 0 Å². The van der Waals surface area contributed by atoms with Gasteiger partial charge in [0.1, 0.15) is 11.9 Å². The Morgan fingerprint density at radius 2 is 2.44 bits per heavy atom. The van der Waals surface area contributed by atoms with Gasteiger partial charge in [0.2, 0.25) is 0 Å². The summed E-state index contributed by atoms with van der Waals surface area (Å²) in [4.78, 5) is 4.47. The molecule has 1 atom stereocenters. The molecule has 0 spiro atoms. The third kappa shape index (κ3) is 1.41. The fraction of sp³-hybridized carbons (Fsp3) is 0.750. The van der Waals surface area contributed by atoms with Crippen LogP contribution in [0.2, 0.25) is 0 Å². The molecule has 52 valence electrons. The van der Waals surface area contributed by atoms with Gasteiger partial charge in [0.25, 0.3) is 0 Å². The van der Waals surface area contributed by atoms with Crippen molar-refractivity contribution >= 4 is 16.1 Å². The first-order valence-corrected chi connectivity index (χ1v) is 4.40. The topological polar surface area (TPSA) is 55.7 Å². The van der Waals surface area contributed by atoms with E-state index in [2.05, 4.69) is 9.99 Å². The fourth-order valence-corrected chi connectivity index (χ4v) is 1.08. The van der Waals surface area contributed by atoms with Gasteiger partial charge in [0, 0.05) is 6.26 Å². The van der Waals surface area contributed by atoms with Crippen LogP contribution in [0.1, 0.15) is 0 Å². The molecular weight excluding hydrogens is 142 g/mol. The Bertz CT molecular complexity index is 218. The summed E-state index contributed by atoms with van der Waals surface area (Å²) in [6.07, 6.45) is 2.47. The van der Waals surface area contributed by atoms with Gasteiger partial charge in [0.05, 0.1) is 6.21 Å². The first-order chi connectivity index (χ1) is 4.11. The van der Waals surface area contributed by atoms with Crippen LogP contribution in [-0.2, 0) is 14.7 Å². The second-order valence-electron chi connectivity index (χ2n) is 1.92. The summed E-state index contributed by atoms with van der Waals surface area (Å²) in [5, 5.41) is 2.80. The average molecular weight is 149 g/mol. The molecule has 1 aliphatic rings. The van der Waals surface area contributed by atoms with Crippen molar-refractivity contribution in [3.63, 3.8) is 0 Å². The third-order valence-corrected chi connectivity index (χ3v) is 2.45. The second kappa shape index (κ2) is 1.98. The van der Waals surface area contributed by atoms with E-state index >= 15 is 0 Å². The highest BCUT2D eigenvalue weighted by Gasteiger charge is 2.22. The molecule has 0 saturated carbocycles. The molecule has 9 heavy (non-hydrogen) atoms. The largest absolute Gasteiger partial charge is 0.394 e. The highest BCUT2D eigenvalue weighted by molar-refractivity contribution is 7.92. The molecule has 0 aromatic carbocycles. The number of hydrogen-bond donors (Lipinski definition) is 0. The van der Waals surface area contributed by atoms with Crippen molar-refractivity contribution in [2.75, 3.05) is 12.9 Å². The standard InChI is InChI=1S/C4H7NO3S/c1-9(6,7)4-2-5-8-3-4/h2,4H,3H2,1H3. The molecule has 0 radical (unpaired) electrons. The minimum absolute atomic E-state index is 0.166. The molecule has 4 nitrogen and oxygen atoms in total. The Labute approximate surface area is 53.4 Å². The average Bonchev–Trinajstić information content (AvgIpc) is 2.08. The molecule has 0 fully saturated rings. The zero-order valence-electron chi connectivity index (χ0n) is 4.94. The summed E-state index contributed by atoms with van der Waals surface area (Å²) in [5.41, 5.74) is 0. The van der Waals surface area contributed by atoms with Crippen molar-refractivity contribution in [1.29, 1.82) is 0 Å². The summed E-state index contributed by atoms with van der Waals surface area (Å²) in [6.45, 7) is 0.166. The summed E-state index contributed by atoms with van der Waals surface area (Å²) in [6, 6.07) is 0. The van der Waals surface area contributed by atoms with Gasteiger partial charge in [-0.05, 0) is 0 Å². The van der Waals surface area contributed by atoms with Crippen LogP contribution < -0.4 is 0 Å². The van der Waals surface area contributed by atoms with Crippen LogP contribution in [0.4, 0.5) is 0 Å². The number of sulfone groups is 1. The molecule has 1 aliphatic heterocycles. The first-order valence-electron chi connectivity index (χ1n) is 2.45. The van der Waals surface area contributed by atoms with Crippen molar-refractivity contribution in [2.45, 2.75) is 5.25 Å². The minimum atomic E-state index is -2.98.